The first-order valence-electron chi connectivity index (χ1n) is 7.08. The van der Waals surface area contributed by atoms with E-state index in [1.54, 1.807) is 18.5 Å². The van der Waals surface area contributed by atoms with Crippen molar-refractivity contribution in [2.45, 2.75) is 19.8 Å². The van der Waals surface area contributed by atoms with Crippen LogP contribution in [0.1, 0.15) is 17.5 Å². The molecule has 0 aliphatic carbocycles. The molecule has 0 unspecified atom stereocenters. The Hall–Kier alpha value is -2.83. The SMILES string of the molecule is Cc1cc(NCCCc2ccnc(O)c2)c2n[nH]c(=O)n2c1. The quantitative estimate of drug-likeness (QED) is 0.620. The van der Waals surface area contributed by atoms with Crippen LogP contribution in [0, 0.1) is 6.92 Å². The van der Waals surface area contributed by atoms with Crippen molar-refractivity contribution < 1.29 is 5.11 Å². The highest BCUT2D eigenvalue weighted by Gasteiger charge is 2.06. The lowest BCUT2D eigenvalue weighted by molar-refractivity contribution is 0.452. The largest absolute Gasteiger partial charge is 0.493 e. The number of nitrogens with zero attached hydrogens (tertiary/aromatic N) is 3. The summed E-state index contributed by atoms with van der Waals surface area (Å²) in [6.07, 6.45) is 5.07. The highest BCUT2D eigenvalue weighted by atomic mass is 16.3. The van der Waals surface area contributed by atoms with Crippen LogP contribution in [0.3, 0.4) is 0 Å². The Labute approximate surface area is 126 Å². The molecule has 0 saturated heterocycles. The molecule has 0 aromatic carbocycles. The Balaban J connectivity index is 1.66. The second-order valence-corrected chi connectivity index (χ2v) is 5.21. The van der Waals surface area contributed by atoms with Crippen molar-refractivity contribution in [3.8, 4) is 5.88 Å². The molecule has 7 nitrogen and oxygen atoms in total. The van der Waals surface area contributed by atoms with E-state index in [0.29, 0.717) is 5.65 Å². The number of aryl methyl sites for hydroxylation is 2. The molecule has 0 spiro atoms. The van der Waals surface area contributed by atoms with Gasteiger partial charge in [0.2, 0.25) is 5.88 Å². The minimum Gasteiger partial charge on any atom is -0.493 e. The van der Waals surface area contributed by atoms with Gasteiger partial charge in [-0.15, -0.1) is 0 Å². The number of aromatic amines is 1. The first-order chi connectivity index (χ1) is 10.6. The Morgan fingerprint density at radius 2 is 2.27 bits per heavy atom. The minimum absolute atomic E-state index is 0.0433. The van der Waals surface area contributed by atoms with Crippen LogP contribution in [0.2, 0.25) is 0 Å². The molecule has 0 fully saturated rings. The van der Waals surface area contributed by atoms with Gasteiger partial charge in [-0.2, -0.15) is 5.10 Å². The number of aromatic nitrogens is 4. The summed E-state index contributed by atoms with van der Waals surface area (Å²) in [4.78, 5) is 15.4. The lowest BCUT2D eigenvalue weighted by Crippen LogP contribution is -2.11. The van der Waals surface area contributed by atoms with E-state index in [0.717, 1.165) is 36.2 Å². The van der Waals surface area contributed by atoms with Crippen molar-refractivity contribution in [1.82, 2.24) is 19.6 Å². The molecule has 3 aromatic rings. The first kappa shape index (κ1) is 14.1. The summed E-state index contributed by atoms with van der Waals surface area (Å²) in [7, 11) is 0. The highest BCUT2D eigenvalue weighted by molar-refractivity contribution is 5.67. The molecular weight excluding hydrogens is 282 g/mol. The van der Waals surface area contributed by atoms with Crippen LogP contribution in [-0.2, 0) is 6.42 Å². The number of anilines is 1. The van der Waals surface area contributed by atoms with Crippen LogP contribution in [0.25, 0.3) is 5.65 Å². The third-order valence-electron chi connectivity index (χ3n) is 3.42. The Morgan fingerprint density at radius 3 is 3.09 bits per heavy atom. The van der Waals surface area contributed by atoms with Gasteiger partial charge >= 0.3 is 5.69 Å². The zero-order valence-electron chi connectivity index (χ0n) is 12.2. The van der Waals surface area contributed by atoms with Gasteiger partial charge in [-0.25, -0.2) is 19.3 Å². The number of H-pyrrole nitrogens is 1. The standard InChI is InChI=1S/C15H17N5O2/c1-10-7-12(14-18-19-15(22)20(14)9-10)16-5-2-3-11-4-6-17-13(21)8-11/h4,6-9,16H,2-3,5H2,1H3,(H,17,21)(H,19,22). The molecule has 0 amide bonds. The maximum absolute atomic E-state index is 11.6. The fourth-order valence-corrected chi connectivity index (χ4v) is 2.41. The molecule has 7 heteroatoms. The molecular formula is C15H17N5O2. The first-order valence-corrected chi connectivity index (χ1v) is 7.08. The molecule has 3 rings (SSSR count). The van der Waals surface area contributed by atoms with E-state index in [-0.39, 0.29) is 11.6 Å². The molecule has 0 atom stereocenters. The number of hydrogen-bond acceptors (Lipinski definition) is 5. The monoisotopic (exact) mass is 299 g/mol. The zero-order valence-corrected chi connectivity index (χ0v) is 12.2. The van der Waals surface area contributed by atoms with Crippen molar-refractivity contribution in [2.75, 3.05) is 11.9 Å². The van der Waals surface area contributed by atoms with Crippen LogP contribution in [-0.4, -0.2) is 31.2 Å². The lowest BCUT2D eigenvalue weighted by atomic mass is 10.1. The van der Waals surface area contributed by atoms with Crippen molar-refractivity contribution in [2.24, 2.45) is 0 Å². The molecule has 22 heavy (non-hydrogen) atoms. The Bertz CT molecular complexity index is 853. The third-order valence-corrected chi connectivity index (χ3v) is 3.42. The number of hydrogen-bond donors (Lipinski definition) is 3. The van der Waals surface area contributed by atoms with Gasteiger partial charge in [-0.3, -0.25) is 0 Å². The van der Waals surface area contributed by atoms with Crippen LogP contribution >= 0.6 is 0 Å². The predicted octanol–water partition coefficient (Wildman–Crippen LogP) is 1.48. The van der Waals surface area contributed by atoms with Gasteiger partial charge in [0.05, 0.1) is 5.69 Å². The summed E-state index contributed by atoms with van der Waals surface area (Å²) in [6.45, 7) is 2.67. The minimum atomic E-state index is -0.242. The van der Waals surface area contributed by atoms with Gasteiger partial charge in [0.15, 0.2) is 5.65 Å². The van der Waals surface area contributed by atoms with Crippen molar-refractivity contribution in [3.63, 3.8) is 0 Å². The fraction of sp³-hybridized carbons (Fsp3) is 0.267. The number of fused-ring (bicyclic) bond motifs is 1. The third kappa shape index (κ3) is 2.93. The van der Waals surface area contributed by atoms with E-state index in [9.17, 15) is 9.90 Å². The van der Waals surface area contributed by atoms with Crippen LogP contribution in [0.4, 0.5) is 5.69 Å². The van der Waals surface area contributed by atoms with E-state index in [1.165, 1.54) is 4.40 Å². The summed E-state index contributed by atoms with van der Waals surface area (Å²) in [5, 5.41) is 19.1. The number of pyridine rings is 2. The summed E-state index contributed by atoms with van der Waals surface area (Å²) in [6, 6.07) is 5.52. The molecule has 0 radical (unpaired) electrons. The maximum Gasteiger partial charge on any atom is 0.347 e. The van der Waals surface area contributed by atoms with Gasteiger partial charge in [0, 0.05) is 25.0 Å². The van der Waals surface area contributed by atoms with Crippen LogP contribution in [0.15, 0.2) is 35.4 Å². The average molecular weight is 299 g/mol. The lowest BCUT2D eigenvalue weighted by Gasteiger charge is -2.08. The average Bonchev–Trinajstić information content (AvgIpc) is 2.85. The highest BCUT2D eigenvalue weighted by Crippen LogP contribution is 2.16. The Kier molecular flexibility index (Phi) is 3.78. The normalized spacial score (nSPS) is 11.0. The summed E-state index contributed by atoms with van der Waals surface area (Å²) in [5.41, 5.74) is 3.21. The van der Waals surface area contributed by atoms with Crippen LogP contribution in [0.5, 0.6) is 5.88 Å². The summed E-state index contributed by atoms with van der Waals surface area (Å²) in [5.74, 6) is 0.0433. The van der Waals surface area contributed by atoms with Crippen LogP contribution < -0.4 is 11.0 Å². The molecule has 3 N–H and O–H groups in total. The second-order valence-electron chi connectivity index (χ2n) is 5.21. The predicted molar refractivity (Wildman–Crippen MR) is 83.3 cm³/mol. The zero-order chi connectivity index (χ0) is 15.5. The molecule has 0 aliphatic rings. The van der Waals surface area contributed by atoms with E-state index >= 15 is 0 Å². The van der Waals surface area contributed by atoms with Crippen molar-refractivity contribution in [1.29, 1.82) is 0 Å². The fourth-order valence-electron chi connectivity index (χ4n) is 2.41. The number of rotatable bonds is 5. The van der Waals surface area contributed by atoms with Crippen molar-refractivity contribution >= 4 is 11.3 Å². The smallest absolute Gasteiger partial charge is 0.347 e. The molecule has 0 aliphatic heterocycles. The van der Waals surface area contributed by atoms with Gasteiger partial charge in [-0.1, -0.05) is 0 Å². The van der Waals surface area contributed by atoms with Gasteiger partial charge < -0.3 is 10.4 Å². The van der Waals surface area contributed by atoms with E-state index in [4.69, 9.17) is 0 Å². The summed E-state index contributed by atoms with van der Waals surface area (Å²) < 4.78 is 1.50. The molecule has 0 bridgehead atoms. The van der Waals surface area contributed by atoms with Gasteiger partial charge in [-0.05, 0) is 43.0 Å². The summed E-state index contributed by atoms with van der Waals surface area (Å²) >= 11 is 0. The Morgan fingerprint density at radius 1 is 1.41 bits per heavy atom. The van der Waals surface area contributed by atoms with E-state index in [2.05, 4.69) is 20.5 Å². The number of nitrogens with one attached hydrogen (secondary N) is 2. The topological polar surface area (TPSA) is 95.3 Å². The maximum atomic E-state index is 11.6. The van der Waals surface area contributed by atoms with E-state index in [1.807, 2.05) is 19.1 Å². The van der Waals surface area contributed by atoms with E-state index < -0.39 is 0 Å². The van der Waals surface area contributed by atoms with Gasteiger partial charge in [0.1, 0.15) is 0 Å². The molecule has 3 aromatic heterocycles. The molecule has 3 heterocycles. The number of aromatic hydroxyl groups is 1. The molecule has 0 saturated carbocycles. The second kappa shape index (κ2) is 5.88. The molecule has 114 valence electrons. The van der Waals surface area contributed by atoms with Crippen molar-refractivity contribution in [3.05, 3.63) is 52.2 Å². The van der Waals surface area contributed by atoms with Gasteiger partial charge in [0.25, 0.3) is 0 Å².